The first-order chi connectivity index (χ1) is 26.8. The Bertz CT molecular complexity index is 3360. The van der Waals surface area contributed by atoms with E-state index in [-0.39, 0.29) is 0 Å². The number of hydrogen-bond acceptors (Lipinski definition) is 1. The number of rotatable bonds is 5. The zero-order valence-corrected chi connectivity index (χ0v) is 29.3. The minimum atomic E-state index is 1.10. The third-order valence-electron chi connectivity index (χ3n) is 11.3. The monoisotopic (exact) mass is 688 g/mol. The van der Waals surface area contributed by atoms with Crippen molar-refractivity contribution in [2.24, 2.45) is 0 Å². The Kier molecular flexibility index (Phi) is 6.02. The highest BCUT2D eigenvalue weighted by Gasteiger charge is 2.25. The van der Waals surface area contributed by atoms with E-state index in [0.717, 1.165) is 22.7 Å². The van der Waals surface area contributed by atoms with Gasteiger partial charge in [0, 0.05) is 44.0 Å². The molecular weight excluding hydrogens is 657 g/mol. The van der Waals surface area contributed by atoms with E-state index in [1.165, 1.54) is 76.8 Å². The van der Waals surface area contributed by atoms with E-state index in [0.29, 0.717) is 0 Å². The lowest BCUT2D eigenvalue weighted by Gasteiger charge is -2.27. The van der Waals surface area contributed by atoms with E-state index < -0.39 is 0 Å². The third kappa shape index (κ3) is 3.97. The van der Waals surface area contributed by atoms with Crippen LogP contribution in [0.4, 0.5) is 17.1 Å². The summed E-state index contributed by atoms with van der Waals surface area (Å²) in [6.07, 6.45) is 0. The molecule has 54 heavy (non-hydrogen) atoms. The van der Waals surface area contributed by atoms with Gasteiger partial charge in [0.05, 0.1) is 38.8 Å². The van der Waals surface area contributed by atoms with Gasteiger partial charge in [-0.05, 0) is 83.9 Å². The van der Waals surface area contributed by atoms with E-state index in [1.54, 1.807) is 0 Å². The summed E-state index contributed by atoms with van der Waals surface area (Å²) in [4.78, 5) is 2.45. The fourth-order valence-corrected chi connectivity index (χ4v) is 9.11. The number of nitrogens with zero attached hydrogens (tertiary/aromatic N) is 4. The maximum Gasteiger partial charge on any atom is 0.131 e. The van der Waals surface area contributed by atoms with E-state index in [1.807, 2.05) is 0 Å². The van der Waals surface area contributed by atoms with E-state index in [2.05, 4.69) is 212 Å². The maximum atomic E-state index is 2.47. The molecule has 0 radical (unpaired) electrons. The van der Waals surface area contributed by atoms with Crippen molar-refractivity contribution in [2.75, 3.05) is 4.90 Å². The number of imidazole rings is 1. The lowest BCUT2D eigenvalue weighted by atomic mass is 10.0. The zero-order valence-electron chi connectivity index (χ0n) is 29.3. The van der Waals surface area contributed by atoms with Crippen LogP contribution in [-0.2, 0) is 0 Å². The summed E-state index contributed by atoms with van der Waals surface area (Å²) in [6, 6.07) is 70.6. The van der Waals surface area contributed by atoms with Crippen molar-refractivity contribution in [3.8, 4) is 16.8 Å². The molecule has 4 aromatic heterocycles. The van der Waals surface area contributed by atoms with Crippen LogP contribution < -0.4 is 4.90 Å². The molecule has 0 spiro atoms. The molecule has 0 N–H and O–H groups in total. The molecule has 0 aliphatic heterocycles. The van der Waals surface area contributed by atoms with Gasteiger partial charge in [-0.25, -0.2) is 0 Å². The molecule has 4 nitrogen and oxygen atoms in total. The molecule has 8 aromatic carbocycles. The molecule has 12 rings (SSSR count). The Balaban J connectivity index is 1.17. The van der Waals surface area contributed by atoms with Crippen LogP contribution in [0.3, 0.4) is 0 Å². The molecule has 4 heterocycles. The molecule has 0 amide bonds. The van der Waals surface area contributed by atoms with Crippen LogP contribution in [0.1, 0.15) is 0 Å². The second-order valence-corrected chi connectivity index (χ2v) is 14.2. The Morgan fingerprint density at radius 1 is 0.333 bits per heavy atom. The summed E-state index contributed by atoms with van der Waals surface area (Å²) in [5, 5.41) is 6.29. The topological polar surface area (TPSA) is 17.0 Å². The van der Waals surface area contributed by atoms with Gasteiger partial charge in [0.1, 0.15) is 5.65 Å². The van der Waals surface area contributed by atoms with Gasteiger partial charge in [-0.1, -0.05) is 121 Å². The van der Waals surface area contributed by atoms with Crippen LogP contribution in [0.15, 0.2) is 194 Å². The highest BCUT2D eigenvalue weighted by molar-refractivity contribution is 6.24. The fraction of sp³-hybridized carbons (Fsp3) is 0. The van der Waals surface area contributed by atoms with Gasteiger partial charge < -0.3 is 9.47 Å². The van der Waals surface area contributed by atoms with Crippen LogP contribution >= 0.6 is 0 Å². The summed E-state index contributed by atoms with van der Waals surface area (Å²) in [7, 11) is 0. The summed E-state index contributed by atoms with van der Waals surface area (Å²) >= 11 is 0. The average Bonchev–Trinajstić information content (AvgIpc) is 3.96. The Morgan fingerprint density at radius 2 is 0.870 bits per heavy atom. The number of para-hydroxylation sites is 5. The predicted molar refractivity (Wildman–Crippen MR) is 227 cm³/mol. The number of aromatic nitrogens is 3. The molecule has 4 heteroatoms. The molecule has 0 fully saturated rings. The maximum absolute atomic E-state index is 2.47. The van der Waals surface area contributed by atoms with Crippen molar-refractivity contribution in [2.45, 2.75) is 0 Å². The van der Waals surface area contributed by atoms with Gasteiger partial charge in [-0.15, -0.1) is 0 Å². The summed E-state index contributed by atoms with van der Waals surface area (Å²) in [5.41, 5.74) is 15.4. The molecule has 0 aliphatic rings. The lowest BCUT2D eigenvalue weighted by molar-refractivity contribution is 1.18. The SMILES string of the molecule is c1ccc(-c2ccc(N(c3ccc4c5c6ccccc6n6c7ccccc7n(c4c3)c56)c3cccc4c3c3ccccc3n4-c3ccccc3)cc2)cc1. The number of anilines is 3. The second kappa shape index (κ2) is 11.1. The van der Waals surface area contributed by atoms with Crippen LogP contribution in [-0.4, -0.2) is 13.4 Å². The molecule has 252 valence electrons. The molecule has 0 atom stereocenters. The third-order valence-corrected chi connectivity index (χ3v) is 11.3. The predicted octanol–water partition coefficient (Wildman–Crippen LogP) is 13.3. The van der Waals surface area contributed by atoms with Gasteiger partial charge in [0.25, 0.3) is 0 Å². The molecule has 0 unspecified atom stereocenters. The highest BCUT2D eigenvalue weighted by atomic mass is 15.2. The lowest BCUT2D eigenvalue weighted by Crippen LogP contribution is -2.10. The second-order valence-electron chi connectivity index (χ2n) is 14.2. The molecule has 0 saturated heterocycles. The van der Waals surface area contributed by atoms with Crippen molar-refractivity contribution in [1.29, 1.82) is 0 Å². The van der Waals surface area contributed by atoms with Crippen molar-refractivity contribution in [3.05, 3.63) is 194 Å². The summed E-state index contributed by atoms with van der Waals surface area (Å²) in [5.74, 6) is 0. The first-order valence-corrected chi connectivity index (χ1v) is 18.5. The van der Waals surface area contributed by atoms with Crippen molar-refractivity contribution in [1.82, 2.24) is 13.4 Å². The molecule has 0 aliphatic carbocycles. The van der Waals surface area contributed by atoms with E-state index in [9.17, 15) is 0 Å². The van der Waals surface area contributed by atoms with Crippen molar-refractivity contribution >= 4 is 82.7 Å². The van der Waals surface area contributed by atoms with Gasteiger partial charge in [0.2, 0.25) is 0 Å². The molecule has 12 aromatic rings. The quantitative estimate of drug-likeness (QED) is 0.176. The van der Waals surface area contributed by atoms with Gasteiger partial charge in [-0.3, -0.25) is 8.80 Å². The number of benzene rings is 8. The first kappa shape index (κ1) is 29.3. The van der Waals surface area contributed by atoms with E-state index in [4.69, 9.17) is 0 Å². The molecular formula is C50H32N4. The van der Waals surface area contributed by atoms with Crippen LogP contribution in [0, 0.1) is 0 Å². The largest absolute Gasteiger partial charge is 0.310 e. The Morgan fingerprint density at radius 3 is 1.61 bits per heavy atom. The van der Waals surface area contributed by atoms with Gasteiger partial charge in [0.15, 0.2) is 0 Å². The smallest absolute Gasteiger partial charge is 0.131 e. The van der Waals surface area contributed by atoms with Crippen LogP contribution in [0.2, 0.25) is 0 Å². The number of hydrogen-bond donors (Lipinski definition) is 0. The number of fused-ring (bicyclic) bond motifs is 12. The van der Waals surface area contributed by atoms with Crippen molar-refractivity contribution < 1.29 is 0 Å². The first-order valence-electron chi connectivity index (χ1n) is 18.5. The van der Waals surface area contributed by atoms with Crippen molar-refractivity contribution in [3.63, 3.8) is 0 Å². The Hall–Kier alpha value is -7.30. The molecule has 0 saturated carbocycles. The summed E-state index contributed by atoms with van der Waals surface area (Å²) in [6.45, 7) is 0. The normalized spacial score (nSPS) is 12.1. The van der Waals surface area contributed by atoms with Gasteiger partial charge >= 0.3 is 0 Å². The van der Waals surface area contributed by atoms with Gasteiger partial charge in [-0.2, -0.15) is 0 Å². The minimum Gasteiger partial charge on any atom is -0.310 e. The molecule has 0 bridgehead atoms. The minimum absolute atomic E-state index is 1.10. The summed E-state index contributed by atoms with van der Waals surface area (Å²) < 4.78 is 7.32. The van der Waals surface area contributed by atoms with E-state index >= 15 is 0 Å². The Labute approximate surface area is 310 Å². The average molecular weight is 689 g/mol. The fourth-order valence-electron chi connectivity index (χ4n) is 9.11. The standard InChI is InChI=1S/C50H32N4/c1-3-14-33(15-4-1)34-26-28-36(29-27-34)51(45-24-13-25-46-49(45)39-19-8-9-20-41(39)52(46)35-16-5-2-6-17-35)37-30-31-40-47(32-37)54-44-23-12-11-22-43(44)53-42-21-10-7-18-38(42)48(40)50(53)54/h1-32H. The highest BCUT2D eigenvalue weighted by Crippen LogP contribution is 2.47. The van der Waals surface area contributed by atoms with Crippen LogP contribution in [0.5, 0.6) is 0 Å². The van der Waals surface area contributed by atoms with Crippen LogP contribution in [0.25, 0.3) is 82.5 Å². The zero-order chi connectivity index (χ0) is 35.3.